The van der Waals surface area contributed by atoms with Crippen LogP contribution in [0.1, 0.15) is 16.8 Å². The van der Waals surface area contributed by atoms with Crippen LogP contribution >= 0.6 is 0 Å². The first-order valence-electron chi connectivity index (χ1n) is 7.92. The van der Waals surface area contributed by atoms with Crippen LogP contribution < -0.4 is 10.5 Å². The molecule has 2 amide bonds. The third-order valence-electron chi connectivity index (χ3n) is 4.13. The van der Waals surface area contributed by atoms with Gasteiger partial charge in [-0.15, -0.1) is 0 Å². The third-order valence-corrected chi connectivity index (χ3v) is 4.13. The Kier molecular flexibility index (Phi) is 4.74. The van der Waals surface area contributed by atoms with Gasteiger partial charge in [-0.25, -0.2) is 19.2 Å². The van der Waals surface area contributed by atoms with E-state index in [9.17, 15) is 14.0 Å². The molecule has 26 heavy (non-hydrogen) atoms. The van der Waals surface area contributed by atoms with E-state index in [1.165, 1.54) is 12.3 Å². The molecule has 3 N–H and O–H groups in total. The highest BCUT2D eigenvalue weighted by molar-refractivity contribution is 5.96. The van der Waals surface area contributed by atoms with Gasteiger partial charge in [0.1, 0.15) is 11.7 Å². The molecule has 1 aliphatic heterocycles. The molecule has 2 aromatic heterocycles. The topological polar surface area (TPSA) is 124 Å². The molecule has 0 bridgehead atoms. The van der Waals surface area contributed by atoms with Crippen LogP contribution in [-0.2, 0) is 7.05 Å². The fourth-order valence-corrected chi connectivity index (χ4v) is 2.76. The Bertz CT molecular complexity index is 840. The van der Waals surface area contributed by atoms with E-state index >= 15 is 0 Å². The van der Waals surface area contributed by atoms with Gasteiger partial charge in [0.25, 0.3) is 5.91 Å². The van der Waals surface area contributed by atoms with Gasteiger partial charge in [-0.1, -0.05) is 0 Å². The smallest absolute Gasteiger partial charge is 0.407 e. The van der Waals surface area contributed by atoms with Crippen molar-refractivity contribution in [2.75, 3.05) is 13.1 Å². The van der Waals surface area contributed by atoms with Gasteiger partial charge in [-0.2, -0.15) is 0 Å². The Hall–Kier alpha value is -3.17. The lowest BCUT2D eigenvalue weighted by atomic mass is 10.1. The molecule has 0 saturated carbocycles. The highest BCUT2D eigenvalue weighted by Gasteiger charge is 2.34. The van der Waals surface area contributed by atoms with Gasteiger partial charge in [-0.05, 0) is 6.07 Å². The predicted octanol–water partition coefficient (Wildman–Crippen LogP) is 1.05. The number of nitrogens with two attached hydrogens (primary N) is 1. The largest absolute Gasteiger partial charge is 0.471 e. The molecule has 1 aliphatic rings. The van der Waals surface area contributed by atoms with Gasteiger partial charge < -0.3 is 25.0 Å². The molecule has 0 aromatic carbocycles. The molecular weight excluding hydrogens is 345 g/mol. The highest BCUT2D eigenvalue weighted by atomic mass is 19.1. The molecule has 138 valence electrons. The number of halogens is 1. The number of imidazole rings is 1. The Morgan fingerprint density at radius 3 is 2.77 bits per heavy atom. The Morgan fingerprint density at radius 1 is 1.42 bits per heavy atom. The Balaban J connectivity index is 1.81. The summed E-state index contributed by atoms with van der Waals surface area (Å²) in [6, 6.07) is 1.49. The maximum absolute atomic E-state index is 14.2. The highest BCUT2D eigenvalue weighted by Crippen LogP contribution is 2.26. The summed E-state index contributed by atoms with van der Waals surface area (Å²) in [4.78, 5) is 32.0. The summed E-state index contributed by atoms with van der Waals surface area (Å²) >= 11 is 0. The number of carboxylic acid groups (broad SMARTS) is 1. The number of likely N-dealkylation sites (tertiary alicyclic amines) is 1. The first-order chi connectivity index (χ1) is 12.3. The van der Waals surface area contributed by atoms with E-state index in [1.54, 1.807) is 24.1 Å². The first kappa shape index (κ1) is 17.6. The van der Waals surface area contributed by atoms with Crippen LogP contribution in [0.2, 0.25) is 0 Å². The van der Waals surface area contributed by atoms with E-state index in [4.69, 9.17) is 15.6 Å². The van der Waals surface area contributed by atoms with Crippen molar-refractivity contribution in [2.45, 2.75) is 18.7 Å². The van der Waals surface area contributed by atoms with Crippen LogP contribution in [0.15, 0.2) is 24.8 Å². The maximum Gasteiger partial charge on any atom is 0.407 e. The lowest BCUT2D eigenvalue weighted by molar-refractivity contribution is 0.0222. The van der Waals surface area contributed by atoms with E-state index in [0.29, 0.717) is 11.3 Å². The minimum atomic E-state index is -1.53. The molecular formula is C16H18FN5O4. The molecule has 3 heterocycles. The number of alkyl halides is 1. The minimum Gasteiger partial charge on any atom is -0.471 e. The van der Waals surface area contributed by atoms with E-state index < -0.39 is 24.3 Å². The Morgan fingerprint density at radius 2 is 2.19 bits per heavy atom. The number of hydrogen-bond donors (Lipinski definition) is 2. The lowest BCUT2D eigenvalue weighted by Crippen LogP contribution is -2.49. The summed E-state index contributed by atoms with van der Waals surface area (Å²) in [7, 11) is 1.81. The van der Waals surface area contributed by atoms with Crippen molar-refractivity contribution in [3.63, 3.8) is 0 Å². The van der Waals surface area contributed by atoms with E-state index in [1.807, 2.05) is 0 Å². The molecule has 1 saturated heterocycles. The molecule has 0 aliphatic carbocycles. The fourth-order valence-electron chi connectivity index (χ4n) is 2.76. The maximum atomic E-state index is 14.2. The number of rotatable bonds is 4. The van der Waals surface area contributed by atoms with Crippen LogP contribution in [0.3, 0.4) is 0 Å². The van der Waals surface area contributed by atoms with E-state index in [2.05, 4.69) is 9.97 Å². The number of aryl methyl sites for hydroxylation is 1. The number of hydrogen-bond acceptors (Lipinski definition) is 5. The monoisotopic (exact) mass is 363 g/mol. The summed E-state index contributed by atoms with van der Waals surface area (Å²) in [5.74, 6) is -0.836. The number of ether oxygens (including phenoxy) is 1. The average molecular weight is 363 g/mol. The Labute approximate surface area is 148 Å². The van der Waals surface area contributed by atoms with Crippen molar-refractivity contribution in [3.8, 4) is 17.1 Å². The minimum absolute atomic E-state index is 0.0148. The van der Waals surface area contributed by atoms with Crippen molar-refractivity contribution in [3.05, 3.63) is 30.4 Å². The van der Waals surface area contributed by atoms with Crippen molar-refractivity contribution >= 4 is 12.0 Å². The van der Waals surface area contributed by atoms with Crippen LogP contribution in [0.5, 0.6) is 5.88 Å². The summed E-state index contributed by atoms with van der Waals surface area (Å²) in [5, 5.41) is 8.93. The molecule has 2 aromatic rings. The molecule has 2 atom stereocenters. The predicted molar refractivity (Wildman–Crippen MR) is 88.5 cm³/mol. The zero-order valence-electron chi connectivity index (χ0n) is 14.0. The van der Waals surface area contributed by atoms with Gasteiger partial charge in [0.2, 0.25) is 5.88 Å². The number of nitrogens with zero attached hydrogens (tertiary/aromatic N) is 4. The molecule has 10 heteroatoms. The van der Waals surface area contributed by atoms with Crippen LogP contribution in [-0.4, -0.2) is 61.9 Å². The van der Waals surface area contributed by atoms with Gasteiger partial charge in [-0.3, -0.25) is 4.79 Å². The number of pyridine rings is 1. The van der Waals surface area contributed by atoms with Crippen molar-refractivity contribution in [2.24, 2.45) is 12.8 Å². The van der Waals surface area contributed by atoms with Crippen LogP contribution in [0.4, 0.5) is 9.18 Å². The zero-order chi connectivity index (χ0) is 18.8. The summed E-state index contributed by atoms with van der Waals surface area (Å²) in [6.07, 6.45) is 1.35. The third kappa shape index (κ3) is 3.58. The first-order valence-corrected chi connectivity index (χ1v) is 7.92. The van der Waals surface area contributed by atoms with E-state index in [-0.39, 0.29) is 31.0 Å². The summed E-state index contributed by atoms with van der Waals surface area (Å²) in [5.41, 5.74) is 6.60. The number of amides is 2. The fraction of sp³-hybridized carbons (Fsp3) is 0.375. The molecule has 0 unspecified atom stereocenters. The van der Waals surface area contributed by atoms with Crippen molar-refractivity contribution < 1.29 is 23.8 Å². The SMILES string of the molecule is Cn1cnc(-c2cnc(O[C@H]3CCN(C(=O)O)C[C@@H]3F)c(C(N)=O)c2)c1. The second kappa shape index (κ2) is 6.98. The molecule has 0 spiro atoms. The molecule has 3 rings (SSSR count). The molecule has 9 nitrogen and oxygen atoms in total. The summed E-state index contributed by atoms with van der Waals surface area (Å²) < 4.78 is 21.5. The normalized spacial score (nSPS) is 20.0. The van der Waals surface area contributed by atoms with Crippen LogP contribution in [0, 0.1) is 0 Å². The van der Waals surface area contributed by atoms with Gasteiger partial charge in [0, 0.05) is 38.0 Å². The zero-order valence-corrected chi connectivity index (χ0v) is 14.0. The van der Waals surface area contributed by atoms with Gasteiger partial charge in [0.05, 0.1) is 18.6 Å². The lowest BCUT2D eigenvalue weighted by Gasteiger charge is -2.33. The second-order valence-electron chi connectivity index (χ2n) is 6.05. The number of piperidine rings is 1. The van der Waals surface area contributed by atoms with Crippen molar-refractivity contribution in [1.82, 2.24) is 19.4 Å². The quantitative estimate of drug-likeness (QED) is 0.837. The molecule has 0 radical (unpaired) electrons. The number of carbonyl (C=O) groups is 2. The number of primary amides is 1. The summed E-state index contributed by atoms with van der Waals surface area (Å²) in [6.45, 7) is -0.156. The average Bonchev–Trinajstić information content (AvgIpc) is 3.03. The van der Waals surface area contributed by atoms with Gasteiger partial charge in [0.15, 0.2) is 6.17 Å². The van der Waals surface area contributed by atoms with Gasteiger partial charge >= 0.3 is 6.09 Å². The molecule has 1 fully saturated rings. The standard InChI is InChI=1S/C16H18FN5O4/c1-21-7-12(20-8-21)9-4-10(14(18)23)15(19-5-9)26-13-2-3-22(16(24)25)6-11(13)17/h4-5,7-8,11,13H,2-3,6H2,1H3,(H2,18,23)(H,24,25)/t11-,13-/m0/s1. The van der Waals surface area contributed by atoms with E-state index in [0.717, 1.165) is 4.90 Å². The van der Waals surface area contributed by atoms with Crippen molar-refractivity contribution in [1.29, 1.82) is 0 Å². The second-order valence-corrected chi connectivity index (χ2v) is 6.05. The number of aromatic nitrogens is 3. The van der Waals surface area contributed by atoms with Crippen LogP contribution in [0.25, 0.3) is 11.3 Å². The number of carbonyl (C=O) groups excluding carboxylic acids is 1.